The van der Waals surface area contributed by atoms with Gasteiger partial charge in [0.1, 0.15) is 11.9 Å². The van der Waals surface area contributed by atoms with Crippen LogP contribution in [0.4, 0.5) is 0 Å². The second-order valence-corrected chi connectivity index (χ2v) is 6.52. The fourth-order valence-corrected chi connectivity index (χ4v) is 3.39. The molecule has 0 saturated heterocycles. The molecule has 0 heterocycles. The zero-order valence-corrected chi connectivity index (χ0v) is 14.2. The Labute approximate surface area is 146 Å². The van der Waals surface area contributed by atoms with Crippen molar-refractivity contribution in [2.24, 2.45) is 5.92 Å². The molecule has 0 bridgehead atoms. The van der Waals surface area contributed by atoms with Gasteiger partial charge in [-0.2, -0.15) is 0 Å². The van der Waals surface area contributed by atoms with Crippen molar-refractivity contribution in [3.05, 3.63) is 42.0 Å². The number of rotatable bonds is 5. The summed E-state index contributed by atoms with van der Waals surface area (Å²) in [6, 6.07) is 11.3. The number of aldehydes is 1. The number of hydrogen-bond acceptors (Lipinski definition) is 5. The molecule has 2 aromatic carbocycles. The molecule has 132 valence electrons. The van der Waals surface area contributed by atoms with Gasteiger partial charge in [0.15, 0.2) is 6.29 Å². The highest BCUT2D eigenvalue weighted by Gasteiger charge is 2.31. The van der Waals surface area contributed by atoms with Crippen molar-refractivity contribution in [1.29, 1.82) is 0 Å². The Balaban J connectivity index is 1.72. The molecule has 1 saturated carbocycles. The van der Waals surface area contributed by atoms with E-state index in [-0.39, 0.29) is 18.0 Å². The molecule has 5 nitrogen and oxygen atoms in total. The summed E-state index contributed by atoms with van der Waals surface area (Å²) in [6.07, 6.45) is 1.75. The Morgan fingerprint density at radius 2 is 2.04 bits per heavy atom. The minimum absolute atomic E-state index is 0.140. The molecule has 0 radical (unpaired) electrons. The van der Waals surface area contributed by atoms with Crippen LogP contribution in [0.15, 0.2) is 36.4 Å². The van der Waals surface area contributed by atoms with Crippen molar-refractivity contribution in [2.75, 3.05) is 6.61 Å². The molecule has 1 aliphatic rings. The SMILES string of the molecule is CC(=O)OCC1CCC(Oc2ccc3ccccc3c2C=O)C(O)C1. The fraction of sp³-hybridized carbons (Fsp3) is 0.400. The molecule has 3 rings (SSSR count). The maximum absolute atomic E-state index is 11.6. The topological polar surface area (TPSA) is 72.8 Å². The summed E-state index contributed by atoms with van der Waals surface area (Å²) >= 11 is 0. The van der Waals surface area contributed by atoms with Gasteiger partial charge in [-0.3, -0.25) is 9.59 Å². The zero-order chi connectivity index (χ0) is 17.8. The summed E-state index contributed by atoms with van der Waals surface area (Å²) in [5.41, 5.74) is 0.507. The van der Waals surface area contributed by atoms with Gasteiger partial charge in [-0.1, -0.05) is 30.3 Å². The van der Waals surface area contributed by atoms with Crippen LogP contribution in [0, 0.1) is 5.92 Å². The van der Waals surface area contributed by atoms with E-state index in [0.29, 0.717) is 30.8 Å². The van der Waals surface area contributed by atoms with E-state index in [9.17, 15) is 14.7 Å². The minimum Gasteiger partial charge on any atom is -0.487 e. The second-order valence-electron chi connectivity index (χ2n) is 6.52. The van der Waals surface area contributed by atoms with Crippen LogP contribution in [0.2, 0.25) is 0 Å². The first-order valence-corrected chi connectivity index (χ1v) is 8.53. The maximum Gasteiger partial charge on any atom is 0.302 e. The third-order valence-corrected chi connectivity index (χ3v) is 4.71. The fourth-order valence-electron chi connectivity index (χ4n) is 3.39. The summed E-state index contributed by atoms with van der Waals surface area (Å²) in [5, 5.41) is 12.2. The average molecular weight is 342 g/mol. The molecule has 0 aromatic heterocycles. The normalized spacial score (nSPS) is 23.2. The average Bonchev–Trinajstić information content (AvgIpc) is 2.61. The van der Waals surface area contributed by atoms with E-state index in [1.807, 2.05) is 30.3 Å². The first-order valence-electron chi connectivity index (χ1n) is 8.53. The van der Waals surface area contributed by atoms with Crippen LogP contribution in [-0.4, -0.2) is 36.2 Å². The lowest BCUT2D eigenvalue weighted by Crippen LogP contribution is -2.39. The monoisotopic (exact) mass is 342 g/mol. The van der Waals surface area contributed by atoms with Gasteiger partial charge in [0, 0.05) is 6.92 Å². The number of aliphatic hydroxyl groups is 1. The summed E-state index contributed by atoms with van der Waals surface area (Å²) in [6.45, 7) is 1.71. The molecule has 3 unspecified atom stereocenters. The highest BCUT2D eigenvalue weighted by molar-refractivity contribution is 6.00. The smallest absolute Gasteiger partial charge is 0.302 e. The van der Waals surface area contributed by atoms with Gasteiger partial charge < -0.3 is 14.6 Å². The summed E-state index contributed by atoms with van der Waals surface area (Å²) in [4.78, 5) is 22.5. The zero-order valence-electron chi connectivity index (χ0n) is 14.2. The van der Waals surface area contributed by atoms with E-state index in [2.05, 4.69) is 0 Å². The number of benzene rings is 2. The summed E-state index contributed by atoms with van der Waals surface area (Å²) < 4.78 is 11.0. The molecule has 25 heavy (non-hydrogen) atoms. The second kappa shape index (κ2) is 7.66. The van der Waals surface area contributed by atoms with Gasteiger partial charge in [-0.25, -0.2) is 0 Å². The first kappa shape index (κ1) is 17.4. The molecule has 2 aromatic rings. The molecule has 1 N–H and O–H groups in total. The lowest BCUT2D eigenvalue weighted by atomic mass is 9.85. The van der Waals surface area contributed by atoms with Gasteiger partial charge in [-0.05, 0) is 42.0 Å². The standard InChI is InChI=1S/C20H22O5/c1-13(22)24-12-14-6-8-20(18(23)10-14)25-19-9-7-15-4-2-3-5-16(15)17(19)11-21/h2-5,7,9,11,14,18,20,23H,6,8,10,12H2,1H3. The number of esters is 1. The van der Waals surface area contributed by atoms with Crippen LogP contribution in [0.5, 0.6) is 5.75 Å². The third-order valence-electron chi connectivity index (χ3n) is 4.71. The quantitative estimate of drug-likeness (QED) is 0.668. The predicted molar refractivity (Wildman–Crippen MR) is 93.7 cm³/mol. The predicted octanol–water partition coefficient (Wildman–Crippen LogP) is 3.12. The van der Waals surface area contributed by atoms with Crippen LogP contribution in [0.25, 0.3) is 10.8 Å². The van der Waals surface area contributed by atoms with Crippen molar-refractivity contribution in [3.8, 4) is 5.75 Å². The van der Waals surface area contributed by atoms with Crippen LogP contribution >= 0.6 is 0 Å². The molecule has 1 aliphatic carbocycles. The molecular weight excluding hydrogens is 320 g/mol. The number of fused-ring (bicyclic) bond motifs is 1. The molecule has 0 spiro atoms. The van der Waals surface area contributed by atoms with Crippen LogP contribution in [-0.2, 0) is 9.53 Å². The van der Waals surface area contributed by atoms with E-state index < -0.39 is 6.10 Å². The molecular formula is C20H22O5. The highest BCUT2D eigenvalue weighted by Crippen LogP contribution is 2.32. The van der Waals surface area contributed by atoms with Gasteiger partial charge in [0.25, 0.3) is 0 Å². The number of carbonyl (C=O) groups excluding carboxylic acids is 2. The van der Waals surface area contributed by atoms with Gasteiger partial charge in [-0.15, -0.1) is 0 Å². The van der Waals surface area contributed by atoms with Gasteiger partial charge in [0.05, 0.1) is 18.3 Å². The number of hydrogen-bond donors (Lipinski definition) is 1. The maximum atomic E-state index is 11.6. The Morgan fingerprint density at radius 3 is 2.76 bits per heavy atom. The van der Waals surface area contributed by atoms with Gasteiger partial charge >= 0.3 is 5.97 Å². The summed E-state index contributed by atoms with van der Waals surface area (Å²) in [7, 11) is 0. The largest absolute Gasteiger partial charge is 0.487 e. The molecule has 1 fully saturated rings. The molecule has 5 heteroatoms. The van der Waals surface area contributed by atoms with Gasteiger partial charge in [0.2, 0.25) is 0 Å². The minimum atomic E-state index is -0.653. The van der Waals surface area contributed by atoms with Crippen LogP contribution in [0.1, 0.15) is 36.5 Å². The Kier molecular flexibility index (Phi) is 5.34. The Bertz CT molecular complexity index is 770. The van der Waals surface area contributed by atoms with Crippen molar-refractivity contribution < 1.29 is 24.2 Å². The van der Waals surface area contributed by atoms with E-state index in [1.54, 1.807) is 6.07 Å². The third kappa shape index (κ3) is 3.99. The first-order chi connectivity index (χ1) is 12.1. The molecule has 3 atom stereocenters. The molecule has 0 aliphatic heterocycles. The van der Waals surface area contributed by atoms with Crippen LogP contribution in [0.3, 0.4) is 0 Å². The van der Waals surface area contributed by atoms with E-state index in [0.717, 1.165) is 23.5 Å². The van der Waals surface area contributed by atoms with Crippen molar-refractivity contribution in [3.63, 3.8) is 0 Å². The number of carbonyl (C=O) groups is 2. The summed E-state index contributed by atoms with van der Waals surface area (Å²) in [5.74, 6) is 0.330. The highest BCUT2D eigenvalue weighted by atomic mass is 16.5. The Morgan fingerprint density at radius 1 is 1.24 bits per heavy atom. The Hall–Kier alpha value is -2.40. The number of ether oxygens (including phenoxy) is 2. The number of aliphatic hydroxyl groups excluding tert-OH is 1. The van der Waals surface area contributed by atoms with E-state index in [4.69, 9.17) is 9.47 Å². The lowest BCUT2D eigenvalue weighted by molar-refractivity contribution is -0.143. The van der Waals surface area contributed by atoms with Crippen molar-refractivity contribution in [1.82, 2.24) is 0 Å². The van der Waals surface area contributed by atoms with Crippen LogP contribution < -0.4 is 4.74 Å². The lowest BCUT2D eigenvalue weighted by Gasteiger charge is -2.33. The molecule has 0 amide bonds. The van der Waals surface area contributed by atoms with E-state index >= 15 is 0 Å². The van der Waals surface area contributed by atoms with Crippen molar-refractivity contribution >= 4 is 23.0 Å². The van der Waals surface area contributed by atoms with E-state index in [1.165, 1.54) is 6.92 Å². The van der Waals surface area contributed by atoms with Crippen molar-refractivity contribution in [2.45, 2.75) is 38.4 Å².